The van der Waals surface area contributed by atoms with Crippen molar-refractivity contribution in [3.8, 4) is 0 Å². The van der Waals surface area contributed by atoms with Gasteiger partial charge in [0.05, 0.1) is 0 Å². The SMILES string of the molecule is CCCCCCCCCCN.Cc1ccc(C2CCCN2C)cn1. The molecule has 0 radical (unpaired) electrons. The Morgan fingerprint density at radius 2 is 1.75 bits per heavy atom. The van der Waals surface area contributed by atoms with Crippen LogP contribution >= 0.6 is 0 Å². The molecule has 0 spiro atoms. The minimum absolute atomic E-state index is 0.605. The molecule has 0 amide bonds. The molecule has 1 aliphatic rings. The van der Waals surface area contributed by atoms with Crippen molar-refractivity contribution in [1.29, 1.82) is 0 Å². The second-order valence-electron chi connectivity index (χ2n) is 7.14. The lowest BCUT2D eigenvalue weighted by atomic mass is 10.1. The fraction of sp³-hybridized carbons (Fsp3) is 0.762. The summed E-state index contributed by atoms with van der Waals surface area (Å²) < 4.78 is 0. The highest BCUT2D eigenvalue weighted by atomic mass is 15.1. The van der Waals surface area contributed by atoms with Crippen molar-refractivity contribution in [1.82, 2.24) is 9.88 Å². The number of rotatable bonds is 9. The van der Waals surface area contributed by atoms with E-state index in [4.69, 9.17) is 5.73 Å². The first-order chi connectivity index (χ1) is 11.7. The van der Waals surface area contributed by atoms with Crippen LogP contribution in [0.2, 0.25) is 0 Å². The largest absolute Gasteiger partial charge is 0.330 e. The van der Waals surface area contributed by atoms with Gasteiger partial charge >= 0.3 is 0 Å². The van der Waals surface area contributed by atoms with Crippen LogP contribution in [0.25, 0.3) is 0 Å². The minimum atomic E-state index is 0.605. The van der Waals surface area contributed by atoms with Crippen LogP contribution in [0.1, 0.15) is 88.4 Å². The molecular formula is C21H39N3. The fourth-order valence-electron chi connectivity index (χ4n) is 3.29. The zero-order valence-corrected chi connectivity index (χ0v) is 16.3. The fourth-order valence-corrected chi connectivity index (χ4v) is 3.29. The number of hydrogen-bond donors (Lipinski definition) is 1. The van der Waals surface area contributed by atoms with E-state index in [0.29, 0.717) is 6.04 Å². The summed E-state index contributed by atoms with van der Waals surface area (Å²) in [6.45, 7) is 6.38. The van der Waals surface area contributed by atoms with Gasteiger partial charge in [0.2, 0.25) is 0 Å². The van der Waals surface area contributed by atoms with Crippen molar-refractivity contribution in [2.24, 2.45) is 5.73 Å². The number of aromatic nitrogens is 1. The highest BCUT2D eigenvalue weighted by Crippen LogP contribution is 2.29. The van der Waals surface area contributed by atoms with Crippen molar-refractivity contribution in [2.45, 2.75) is 84.1 Å². The first-order valence-corrected chi connectivity index (χ1v) is 10.0. The van der Waals surface area contributed by atoms with E-state index < -0.39 is 0 Å². The van der Waals surface area contributed by atoms with Gasteiger partial charge in [0, 0.05) is 17.9 Å². The van der Waals surface area contributed by atoms with Crippen molar-refractivity contribution in [3.63, 3.8) is 0 Å². The van der Waals surface area contributed by atoms with Crippen LogP contribution in [0.4, 0.5) is 0 Å². The third-order valence-corrected chi connectivity index (χ3v) is 4.90. The van der Waals surface area contributed by atoms with Crippen LogP contribution in [0.15, 0.2) is 18.3 Å². The van der Waals surface area contributed by atoms with Crippen molar-refractivity contribution in [3.05, 3.63) is 29.6 Å². The van der Waals surface area contributed by atoms with Crippen LogP contribution in [-0.2, 0) is 0 Å². The number of unbranched alkanes of at least 4 members (excludes halogenated alkanes) is 7. The summed E-state index contributed by atoms with van der Waals surface area (Å²) in [5.74, 6) is 0. The Balaban J connectivity index is 0.000000245. The predicted octanol–water partition coefficient (Wildman–Crippen LogP) is 5.24. The van der Waals surface area contributed by atoms with Crippen LogP contribution < -0.4 is 5.73 Å². The zero-order chi connectivity index (χ0) is 17.6. The number of nitrogens with zero attached hydrogens (tertiary/aromatic N) is 2. The summed E-state index contributed by atoms with van der Waals surface area (Å²) in [5.41, 5.74) is 7.86. The maximum absolute atomic E-state index is 5.39. The molecule has 1 saturated heterocycles. The molecule has 0 aromatic carbocycles. The second kappa shape index (κ2) is 13.4. The maximum Gasteiger partial charge on any atom is 0.0372 e. The van der Waals surface area contributed by atoms with E-state index in [9.17, 15) is 0 Å². The molecule has 2 N–H and O–H groups in total. The molecule has 1 aromatic rings. The molecular weight excluding hydrogens is 294 g/mol. The van der Waals surface area contributed by atoms with Gasteiger partial charge in [-0.2, -0.15) is 0 Å². The Kier molecular flexibility index (Phi) is 11.8. The van der Waals surface area contributed by atoms with Crippen molar-refractivity contribution in [2.75, 3.05) is 20.1 Å². The molecule has 1 fully saturated rings. The lowest BCUT2D eigenvalue weighted by Crippen LogP contribution is -2.17. The Morgan fingerprint density at radius 3 is 2.25 bits per heavy atom. The van der Waals surface area contributed by atoms with Gasteiger partial charge in [-0.3, -0.25) is 9.88 Å². The monoisotopic (exact) mass is 333 g/mol. The summed E-state index contributed by atoms with van der Waals surface area (Å²) in [4.78, 5) is 6.74. The third kappa shape index (κ3) is 8.79. The standard InChI is InChI=1S/C11H16N2.C10H23N/c1-9-5-6-10(8-12-9)11-4-3-7-13(11)2;1-2-3-4-5-6-7-8-9-10-11/h5-6,8,11H,3-4,7H2,1-2H3;2-11H2,1H3. The summed E-state index contributed by atoms with van der Waals surface area (Å²) in [6.07, 6.45) is 15.6. The Hall–Kier alpha value is -0.930. The molecule has 0 saturated carbocycles. The van der Waals surface area contributed by atoms with Crippen molar-refractivity contribution >= 4 is 0 Å². The Labute approximate surface area is 150 Å². The maximum atomic E-state index is 5.39. The third-order valence-electron chi connectivity index (χ3n) is 4.90. The van der Waals surface area contributed by atoms with Crippen LogP contribution in [0.3, 0.4) is 0 Å². The molecule has 1 atom stereocenters. The van der Waals surface area contributed by atoms with Gasteiger partial charge in [-0.25, -0.2) is 0 Å². The highest BCUT2D eigenvalue weighted by molar-refractivity contribution is 5.18. The van der Waals surface area contributed by atoms with E-state index >= 15 is 0 Å². The first-order valence-electron chi connectivity index (χ1n) is 10.0. The van der Waals surface area contributed by atoms with Gasteiger partial charge in [0.25, 0.3) is 0 Å². The smallest absolute Gasteiger partial charge is 0.0372 e. The van der Waals surface area contributed by atoms with Gasteiger partial charge in [0.1, 0.15) is 0 Å². The predicted molar refractivity (Wildman–Crippen MR) is 105 cm³/mol. The van der Waals surface area contributed by atoms with Crippen LogP contribution in [0, 0.1) is 6.92 Å². The van der Waals surface area contributed by atoms with Gasteiger partial charge in [-0.1, -0.05) is 57.9 Å². The number of nitrogens with two attached hydrogens (primary N) is 1. The van der Waals surface area contributed by atoms with Gasteiger partial charge in [-0.05, 0) is 58.0 Å². The molecule has 0 aliphatic carbocycles. The highest BCUT2D eigenvalue weighted by Gasteiger charge is 2.22. The topological polar surface area (TPSA) is 42.1 Å². The van der Waals surface area contributed by atoms with E-state index in [1.807, 2.05) is 13.1 Å². The van der Waals surface area contributed by atoms with E-state index in [1.165, 1.54) is 76.3 Å². The number of likely N-dealkylation sites (tertiary alicyclic amines) is 1. The first kappa shape index (κ1) is 21.1. The number of pyridine rings is 1. The minimum Gasteiger partial charge on any atom is -0.330 e. The molecule has 1 aliphatic heterocycles. The van der Waals surface area contributed by atoms with E-state index in [2.05, 4.69) is 36.0 Å². The molecule has 24 heavy (non-hydrogen) atoms. The van der Waals surface area contributed by atoms with Gasteiger partial charge in [0.15, 0.2) is 0 Å². The van der Waals surface area contributed by atoms with Gasteiger partial charge < -0.3 is 5.73 Å². The molecule has 3 heteroatoms. The van der Waals surface area contributed by atoms with E-state index in [1.54, 1.807) is 0 Å². The normalized spacial score (nSPS) is 17.6. The molecule has 138 valence electrons. The summed E-state index contributed by atoms with van der Waals surface area (Å²) >= 11 is 0. The summed E-state index contributed by atoms with van der Waals surface area (Å²) in [5, 5.41) is 0. The Morgan fingerprint density at radius 1 is 1.08 bits per heavy atom. The van der Waals surface area contributed by atoms with Crippen LogP contribution in [-0.4, -0.2) is 30.0 Å². The summed E-state index contributed by atoms with van der Waals surface area (Å²) in [7, 11) is 2.19. The molecule has 1 aromatic heterocycles. The quantitative estimate of drug-likeness (QED) is 0.628. The van der Waals surface area contributed by atoms with E-state index in [0.717, 1.165) is 12.2 Å². The Bertz CT molecular complexity index is 394. The van der Waals surface area contributed by atoms with E-state index in [-0.39, 0.29) is 0 Å². The molecule has 0 bridgehead atoms. The lowest BCUT2D eigenvalue weighted by molar-refractivity contribution is 0.317. The molecule has 3 nitrogen and oxygen atoms in total. The zero-order valence-electron chi connectivity index (χ0n) is 16.3. The van der Waals surface area contributed by atoms with Crippen molar-refractivity contribution < 1.29 is 0 Å². The molecule has 1 unspecified atom stereocenters. The molecule has 2 rings (SSSR count). The summed E-state index contributed by atoms with van der Waals surface area (Å²) in [6, 6.07) is 4.91. The number of hydrogen-bond acceptors (Lipinski definition) is 3. The average molecular weight is 334 g/mol. The van der Waals surface area contributed by atoms with Gasteiger partial charge in [-0.15, -0.1) is 0 Å². The number of aryl methyl sites for hydroxylation is 1. The lowest BCUT2D eigenvalue weighted by Gasteiger charge is -2.19. The molecule has 2 heterocycles. The second-order valence-corrected chi connectivity index (χ2v) is 7.14. The van der Waals surface area contributed by atoms with Crippen LogP contribution in [0.5, 0.6) is 0 Å². The average Bonchev–Trinajstić information content (AvgIpc) is 3.02.